The third kappa shape index (κ3) is 6.08. The quantitative estimate of drug-likeness (QED) is 0.612. The van der Waals surface area contributed by atoms with Crippen molar-refractivity contribution in [3.63, 3.8) is 0 Å². The number of hydrogen-bond acceptors (Lipinski definition) is 1. The van der Waals surface area contributed by atoms with Gasteiger partial charge in [0.25, 0.3) is 0 Å². The predicted octanol–water partition coefficient (Wildman–Crippen LogP) is 3.91. The van der Waals surface area contributed by atoms with Crippen LogP contribution in [-0.2, 0) is 4.74 Å². The first-order valence-electron chi connectivity index (χ1n) is 5.73. The largest absolute Gasteiger partial charge is 0.377 e. The lowest BCUT2D eigenvalue weighted by molar-refractivity contribution is 0.158. The molecule has 1 rings (SSSR count). The van der Waals surface area contributed by atoms with Gasteiger partial charge in [-0.25, -0.2) is 0 Å². The van der Waals surface area contributed by atoms with Gasteiger partial charge in [-0.05, 0) is 12.0 Å². The van der Waals surface area contributed by atoms with Crippen LogP contribution in [0, 0.1) is 0 Å². The lowest BCUT2D eigenvalue weighted by Crippen LogP contribution is -1.93. The summed E-state index contributed by atoms with van der Waals surface area (Å²) in [6.07, 6.45) is 7.86. The summed E-state index contributed by atoms with van der Waals surface area (Å²) in [6, 6.07) is 10.3. The van der Waals surface area contributed by atoms with Crippen LogP contribution in [0.5, 0.6) is 0 Å². The van der Waals surface area contributed by atoms with Crippen molar-refractivity contribution in [1.29, 1.82) is 0 Å². The number of rotatable bonds is 7. The summed E-state index contributed by atoms with van der Waals surface area (Å²) in [5.74, 6) is 0. The monoisotopic (exact) mass is 204 g/mol. The maximum Gasteiger partial charge on any atom is 0.0650 e. The topological polar surface area (TPSA) is 9.23 Å². The fourth-order valence-electron chi connectivity index (χ4n) is 1.35. The molecule has 0 amide bonds. The maximum atomic E-state index is 5.47. The van der Waals surface area contributed by atoms with E-state index in [1.807, 2.05) is 18.2 Å². The van der Waals surface area contributed by atoms with Gasteiger partial charge in [-0.1, -0.05) is 62.2 Å². The summed E-state index contributed by atoms with van der Waals surface area (Å²) in [4.78, 5) is 0. The van der Waals surface area contributed by atoms with Crippen LogP contribution in [0.15, 0.2) is 36.4 Å². The van der Waals surface area contributed by atoms with Crippen LogP contribution in [0.4, 0.5) is 0 Å². The zero-order chi connectivity index (χ0) is 10.8. The van der Waals surface area contributed by atoms with Crippen LogP contribution in [0.2, 0.25) is 0 Å². The van der Waals surface area contributed by atoms with Gasteiger partial charge in [0.15, 0.2) is 0 Å². The smallest absolute Gasteiger partial charge is 0.0650 e. The first-order chi connectivity index (χ1) is 7.43. The van der Waals surface area contributed by atoms with Gasteiger partial charge in [0.05, 0.1) is 6.61 Å². The van der Waals surface area contributed by atoms with Crippen LogP contribution < -0.4 is 0 Å². The summed E-state index contributed by atoms with van der Waals surface area (Å²) >= 11 is 0. The van der Waals surface area contributed by atoms with Crippen molar-refractivity contribution in [1.82, 2.24) is 0 Å². The van der Waals surface area contributed by atoms with Crippen molar-refractivity contribution in [3.05, 3.63) is 42.0 Å². The summed E-state index contributed by atoms with van der Waals surface area (Å²) in [5.41, 5.74) is 1.23. The molecule has 0 saturated heterocycles. The van der Waals surface area contributed by atoms with E-state index in [1.165, 1.54) is 24.8 Å². The normalized spacial score (nSPS) is 11.0. The highest BCUT2D eigenvalue weighted by molar-refractivity contribution is 5.48. The number of unbranched alkanes of at least 4 members (excludes halogenated alkanes) is 2. The third-order valence-electron chi connectivity index (χ3n) is 2.22. The zero-order valence-electron chi connectivity index (χ0n) is 9.49. The van der Waals surface area contributed by atoms with E-state index in [1.54, 1.807) is 0 Å². The Kier molecular flexibility index (Phi) is 6.59. The molecule has 0 bridgehead atoms. The fourth-order valence-corrected chi connectivity index (χ4v) is 1.35. The number of hydrogen-bond donors (Lipinski definition) is 0. The van der Waals surface area contributed by atoms with Gasteiger partial charge in [-0.2, -0.15) is 0 Å². The average Bonchev–Trinajstić information content (AvgIpc) is 2.29. The summed E-state index contributed by atoms with van der Waals surface area (Å²) in [5, 5.41) is 0. The summed E-state index contributed by atoms with van der Waals surface area (Å²) in [6.45, 7) is 3.81. The molecule has 1 heteroatoms. The Morgan fingerprint density at radius 2 is 1.93 bits per heavy atom. The maximum absolute atomic E-state index is 5.47. The lowest BCUT2D eigenvalue weighted by Gasteiger charge is -1.99. The molecule has 0 aliphatic carbocycles. The standard InChI is InChI=1S/C14H20O/c1-2-3-7-12-15-13-8-11-14-9-5-4-6-10-14/h4-6,8-11H,2-3,7,12-13H2,1H3. The van der Waals surface area contributed by atoms with Crippen molar-refractivity contribution in [2.24, 2.45) is 0 Å². The Morgan fingerprint density at radius 1 is 1.13 bits per heavy atom. The minimum Gasteiger partial charge on any atom is -0.377 e. The molecule has 0 fully saturated rings. The van der Waals surface area contributed by atoms with E-state index in [-0.39, 0.29) is 0 Å². The molecule has 1 aromatic rings. The molecular weight excluding hydrogens is 184 g/mol. The lowest BCUT2D eigenvalue weighted by atomic mass is 10.2. The number of benzene rings is 1. The van der Waals surface area contributed by atoms with Crippen molar-refractivity contribution >= 4 is 6.08 Å². The first kappa shape index (κ1) is 12.0. The molecule has 0 unspecified atom stereocenters. The van der Waals surface area contributed by atoms with E-state index >= 15 is 0 Å². The Balaban J connectivity index is 2.07. The second kappa shape index (κ2) is 8.25. The van der Waals surface area contributed by atoms with E-state index in [0.717, 1.165) is 13.2 Å². The van der Waals surface area contributed by atoms with Gasteiger partial charge in [0.1, 0.15) is 0 Å². The predicted molar refractivity (Wildman–Crippen MR) is 65.8 cm³/mol. The summed E-state index contributed by atoms with van der Waals surface area (Å²) in [7, 11) is 0. The van der Waals surface area contributed by atoms with Gasteiger partial charge in [0.2, 0.25) is 0 Å². The number of ether oxygens (including phenoxy) is 1. The Hall–Kier alpha value is -1.08. The van der Waals surface area contributed by atoms with E-state index in [9.17, 15) is 0 Å². The molecule has 0 heterocycles. The molecule has 0 saturated carbocycles. The minimum absolute atomic E-state index is 0.721. The van der Waals surface area contributed by atoms with Gasteiger partial charge < -0.3 is 4.74 Å². The van der Waals surface area contributed by atoms with Crippen LogP contribution in [0.3, 0.4) is 0 Å². The molecular formula is C14H20O. The first-order valence-corrected chi connectivity index (χ1v) is 5.73. The molecule has 0 atom stereocenters. The zero-order valence-corrected chi connectivity index (χ0v) is 9.49. The Bertz CT molecular complexity index is 264. The highest BCUT2D eigenvalue weighted by Gasteiger charge is 1.86. The molecule has 82 valence electrons. The Labute approximate surface area is 92.8 Å². The SMILES string of the molecule is CCCCCOCC=Cc1ccccc1. The van der Waals surface area contributed by atoms with E-state index in [2.05, 4.69) is 31.2 Å². The van der Waals surface area contributed by atoms with Crippen molar-refractivity contribution in [2.45, 2.75) is 26.2 Å². The second-order valence-electron chi connectivity index (χ2n) is 3.60. The van der Waals surface area contributed by atoms with Gasteiger partial charge in [0, 0.05) is 6.61 Å². The van der Waals surface area contributed by atoms with E-state index < -0.39 is 0 Å². The molecule has 0 aliphatic rings. The molecule has 0 aromatic heterocycles. The molecule has 0 N–H and O–H groups in total. The van der Waals surface area contributed by atoms with Crippen LogP contribution in [0.25, 0.3) is 6.08 Å². The van der Waals surface area contributed by atoms with E-state index in [0.29, 0.717) is 0 Å². The molecule has 15 heavy (non-hydrogen) atoms. The fraction of sp³-hybridized carbons (Fsp3) is 0.429. The van der Waals surface area contributed by atoms with Crippen molar-refractivity contribution in [3.8, 4) is 0 Å². The molecule has 0 spiro atoms. The van der Waals surface area contributed by atoms with Gasteiger partial charge in [-0.15, -0.1) is 0 Å². The van der Waals surface area contributed by atoms with Gasteiger partial charge >= 0.3 is 0 Å². The minimum atomic E-state index is 0.721. The van der Waals surface area contributed by atoms with Crippen LogP contribution in [0.1, 0.15) is 31.7 Å². The van der Waals surface area contributed by atoms with Crippen LogP contribution >= 0.6 is 0 Å². The van der Waals surface area contributed by atoms with Gasteiger partial charge in [-0.3, -0.25) is 0 Å². The molecule has 1 nitrogen and oxygen atoms in total. The van der Waals surface area contributed by atoms with E-state index in [4.69, 9.17) is 4.74 Å². The Morgan fingerprint density at radius 3 is 2.67 bits per heavy atom. The van der Waals surface area contributed by atoms with Crippen LogP contribution in [-0.4, -0.2) is 13.2 Å². The summed E-state index contributed by atoms with van der Waals surface area (Å²) < 4.78 is 5.47. The molecule has 0 aliphatic heterocycles. The average molecular weight is 204 g/mol. The van der Waals surface area contributed by atoms with Crippen molar-refractivity contribution < 1.29 is 4.74 Å². The highest BCUT2D eigenvalue weighted by atomic mass is 16.5. The molecule has 1 aromatic carbocycles. The second-order valence-corrected chi connectivity index (χ2v) is 3.60. The molecule has 0 radical (unpaired) electrons. The van der Waals surface area contributed by atoms with Crippen molar-refractivity contribution in [2.75, 3.05) is 13.2 Å². The third-order valence-corrected chi connectivity index (χ3v) is 2.22. The highest BCUT2D eigenvalue weighted by Crippen LogP contribution is 2.00.